The van der Waals surface area contributed by atoms with Crippen molar-refractivity contribution < 1.29 is 9.53 Å². The van der Waals surface area contributed by atoms with E-state index in [9.17, 15) is 4.79 Å². The molecule has 0 aliphatic heterocycles. The Kier molecular flexibility index (Phi) is 51.5. The van der Waals surface area contributed by atoms with E-state index in [1.165, 1.54) is 153 Å². The number of carbonyl (C=O) groups excluding carboxylic acids is 1. The van der Waals surface area contributed by atoms with Crippen molar-refractivity contribution in [3.05, 3.63) is 186 Å². The summed E-state index contributed by atoms with van der Waals surface area (Å²) in [5.41, 5.74) is 24.1. The molecule has 484 valence electrons. The highest BCUT2D eigenvalue weighted by Gasteiger charge is 2.02. The van der Waals surface area contributed by atoms with Crippen molar-refractivity contribution in [2.45, 2.75) is 330 Å². The molecule has 0 N–H and O–H groups in total. The molecule has 0 aliphatic rings. The van der Waals surface area contributed by atoms with E-state index in [4.69, 9.17) is 4.74 Å². The van der Waals surface area contributed by atoms with Crippen LogP contribution in [0.5, 0.6) is 0 Å². The van der Waals surface area contributed by atoms with Gasteiger partial charge in [-0.3, -0.25) is 4.79 Å². The predicted octanol–water partition coefficient (Wildman–Crippen LogP) is 28.2. The maximum absolute atomic E-state index is 11.5. The van der Waals surface area contributed by atoms with Crippen molar-refractivity contribution in [1.82, 2.24) is 0 Å². The van der Waals surface area contributed by atoms with Crippen LogP contribution in [0.1, 0.15) is 330 Å². The van der Waals surface area contributed by atoms with Crippen LogP contribution in [0.15, 0.2) is 186 Å². The third kappa shape index (κ3) is 54.7. The molecule has 0 heterocycles. The molecule has 0 amide bonds. The Morgan fingerprint density at radius 1 is 0.198 bits per heavy atom. The topological polar surface area (TPSA) is 26.3 Å². The Balaban J connectivity index is 4.33. The second-order valence-corrected chi connectivity index (χ2v) is 26.5. The van der Waals surface area contributed by atoms with Crippen LogP contribution in [0.2, 0.25) is 0 Å². The molecule has 0 rings (SSSR count). The molecule has 0 unspecified atom stereocenters. The highest BCUT2D eigenvalue weighted by molar-refractivity contribution is 5.69. The van der Waals surface area contributed by atoms with Crippen LogP contribution in [-0.4, -0.2) is 12.6 Å². The minimum Gasteiger partial charge on any atom is -0.466 e. The Bertz CT molecular complexity index is 2390. The fourth-order valence-corrected chi connectivity index (χ4v) is 10.4. The molecule has 2 nitrogen and oxygen atoms in total. The molecule has 0 aromatic carbocycles. The number of allylic oxidation sites excluding steroid dienone is 32. The smallest absolute Gasteiger partial charge is 0.306 e. The first-order valence-electron chi connectivity index (χ1n) is 34.7. The van der Waals surface area contributed by atoms with Gasteiger partial charge in [0.2, 0.25) is 0 Å². The Hall–Kier alpha value is -4.69. The minimum absolute atomic E-state index is 0.102. The molecule has 2 heteroatoms. The van der Waals surface area contributed by atoms with Gasteiger partial charge in [-0.15, -0.1) is 0 Å². The summed E-state index contributed by atoms with van der Waals surface area (Å²) in [6.45, 7) is 41.1. The number of carbonyl (C=O) groups is 1. The quantitative estimate of drug-likeness (QED) is 0.0448. The van der Waals surface area contributed by atoms with Gasteiger partial charge < -0.3 is 4.74 Å². The SMILES string of the molecule is CCOC(=O)CC/C=C(/C)CC/C=C(/C)CC/C=C(/C)CC/C=C(/C)CC/C=C(/C)CC/C=C(/C)CC/C=C(/C)CC/C=C(/C)CC/C=C(/C)CC/C=C(/C)CC/C=C(/C)CC/C=C(/C)CC/C=C(/C)CC/C=C(\C)CC/C=C(\C)CCC=C(C)C. The zero-order valence-electron chi connectivity index (χ0n) is 59.9. The van der Waals surface area contributed by atoms with Crippen LogP contribution in [0, 0.1) is 0 Å². The van der Waals surface area contributed by atoms with E-state index in [1.807, 2.05) is 6.92 Å². The first-order valence-corrected chi connectivity index (χ1v) is 34.7. The average molecular weight is 1180 g/mol. The number of rotatable bonds is 49. The normalized spacial score (nSPS) is 14.9. The summed E-state index contributed by atoms with van der Waals surface area (Å²) in [6, 6.07) is 0. The molecule has 0 saturated carbocycles. The minimum atomic E-state index is -0.102. The molecule has 0 atom stereocenters. The van der Waals surface area contributed by atoms with Crippen molar-refractivity contribution in [1.29, 1.82) is 0 Å². The molecule has 0 bridgehead atoms. The standard InChI is InChI=1S/C84H136O2/c1-19-86-84(85)67-35-66-83(18)65-34-64-82(17)63-33-62-81(16)61-32-60-80(15)59-31-58-79(14)57-30-56-78(13)55-29-54-77(12)53-28-52-76(11)51-27-50-75(10)49-26-48-74(9)47-25-46-73(8)45-24-44-72(7)43-23-42-71(6)41-22-40-70(5)39-21-38-69(4)37-20-36-68(2)3/h36,38,40,42,44,46,48,50,52,54,56,58,60,62,64,66H,19-35,37,39,41,43,45,47,49,51,53,55,57,59,61,63,65,67H2,1-18H3/b69-38+,70-40+,71-42-,72-44-,73-46-,74-48-,75-50-,76-52-,77-54-,78-56-,79-58-,80-60-,81-62-,82-64-,83-66-. The van der Waals surface area contributed by atoms with Gasteiger partial charge in [-0.1, -0.05) is 186 Å². The maximum atomic E-state index is 11.5. The summed E-state index contributed by atoms with van der Waals surface area (Å²) in [4.78, 5) is 11.5. The molecule has 0 radical (unpaired) electrons. The number of hydrogen-bond donors (Lipinski definition) is 0. The largest absolute Gasteiger partial charge is 0.466 e. The van der Waals surface area contributed by atoms with Crippen LogP contribution in [0.3, 0.4) is 0 Å². The van der Waals surface area contributed by atoms with Crippen LogP contribution >= 0.6 is 0 Å². The van der Waals surface area contributed by atoms with E-state index in [2.05, 4.69) is 215 Å². The lowest BCUT2D eigenvalue weighted by molar-refractivity contribution is -0.143. The average Bonchev–Trinajstić information content (AvgIpc) is 3.46. The maximum Gasteiger partial charge on any atom is 0.306 e. The number of ether oxygens (including phenoxy) is 1. The van der Waals surface area contributed by atoms with Crippen molar-refractivity contribution in [3.63, 3.8) is 0 Å². The fourth-order valence-electron chi connectivity index (χ4n) is 10.4. The van der Waals surface area contributed by atoms with Gasteiger partial charge in [0.15, 0.2) is 0 Å². The molecule has 0 fully saturated rings. The monoisotopic (exact) mass is 1180 g/mol. The summed E-state index contributed by atoms with van der Waals surface area (Å²) in [5.74, 6) is -0.102. The van der Waals surface area contributed by atoms with Crippen molar-refractivity contribution >= 4 is 5.97 Å². The van der Waals surface area contributed by atoms with Gasteiger partial charge in [0.1, 0.15) is 0 Å². The van der Waals surface area contributed by atoms with E-state index in [0.717, 1.165) is 135 Å². The molecular formula is C84H136O2. The highest BCUT2D eigenvalue weighted by Crippen LogP contribution is 2.21. The zero-order valence-corrected chi connectivity index (χ0v) is 59.9. The van der Waals surface area contributed by atoms with Gasteiger partial charge in [0.05, 0.1) is 6.61 Å². The van der Waals surface area contributed by atoms with Gasteiger partial charge in [-0.25, -0.2) is 0 Å². The van der Waals surface area contributed by atoms with Crippen molar-refractivity contribution in [3.8, 4) is 0 Å². The van der Waals surface area contributed by atoms with Gasteiger partial charge in [0, 0.05) is 6.42 Å². The fraction of sp³-hybridized carbons (Fsp3) is 0.607. The predicted molar refractivity (Wildman–Crippen MR) is 390 cm³/mol. The van der Waals surface area contributed by atoms with Crippen LogP contribution in [0.4, 0.5) is 0 Å². The Labute approximate surface area is 535 Å². The summed E-state index contributed by atoms with van der Waals surface area (Å²) < 4.78 is 5.02. The lowest BCUT2D eigenvalue weighted by Crippen LogP contribution is -2.02. The first-order chi connectivity index (χ1) is 41.1. The molecule has 0 spiro atoms. The first kappa shape index (κ1) is 81.3. The van der Waals surface area contributed by atoms with Gasteiger partial charge in [-0.2, -0.15) is 0 Å². The molecular weight excluding hydrogens is 1040 g/mol. The molecule has 0 saturated heterocycles. The number of hydrogen-bond acceptors (Lipinski definition) is 2. The number of esters is 1. The molecule has 0 aromatic heterocycles. The van der Waals surface area contributed by atoms with E-state index in [-0.39, 0.29) is 5.97 Å². The van der Waals surface area contributed by atoms with Gasteiger partial charge in [0.25, 0.3) is 0 Å². The van der Waals surface area contributed by atoms with E-state index < -0.39 is 0 Å². The Morgan fingerprint density at radius 3 is 0.430 bits per heavy atom. The van der Waals surface area contributed by atoms with E-state index in [1.54, 1.807) is 0 Å². The summed E-state index contributed by atoms with van der Waals surface area (Å²) in [5, 5.41) is 0. The van der Waals surface area contributed by atoms with E-state index >= 15 is 0 Å². The summed E-state index contributed by atoms with van der Waals surface area (Å²) >= 11 is 0. The third-order valence-corrected chi connectivity index (χ3v) is 16.7. The second-order valence-electron chi connectivity index (χ2n) is 26.5. The lowest BCUT2D eigenvalue weighted by Gasteiger charge is -2.04. The van der Waals surface area contributed by atoms with Crippen molar-refractivity contribution in [2.24, 2.45) is 0 Å². The highest BCUT2D eigenvalue weighted by atomic mass is 16.5. The van der Waals surface area contributed by atoms with Crippen LogP contribution < -0.4 is 0 Å². The summed E-state index contributed by atoms with van der Waals surface area (Å²) in [7, 11) is 0. The molecule has 0 aliphatic carbocycles. The van der Waals surface area contributed by atoms with Crippen LogP contribution in [0.25, 0.3) is 0 Å². The lowest BCUT2D eigenvalue weighted by atomic mass is 10.0. The molecule has 0 aromatic rings. The third-order valence-electron chi connectivity index (χ3n) is 16.7. The van der Waals surface area contributed by atoms with Crippen molar-refractivity contribution in [2.75, 3.05) is 6.61 Å². The van der Waals surface area contributed by atoms with Gasteiger partial charge >= 0.3 is 5.97 Å². The second kappa shape index (κ2) is 54.5. The van der Waals surface area contributed by atoms with E-state index in [0.29, 0.717) is 13.0 Å². The van der Waals surface area contributed by atoms with Gasteiger partial charge in [-0.05, 0) is 324 Å². The zero-order chi connectivity index (χ0) is 64.2. The summed E-state index contributed by atoms with van der Waals surface area (Å²) in [6.07, 6.45) is 74.7. The Morgan fingerprint density at radius 2 is 0.314 bits per heavy atom. The molecule has 86 heavy (non-hydrogen) atoms. The van der Waals surface area contributed by atoms with Crippen LogP contribution in [-0.2, 0) is 9.53 Å².